The maximum atomic E-state index is 14.0. The monoisotopic (exact) mass is 454 g/mol. The summed E-state index contributed by atoms with van der Waals surface area (Å²) in [6, 6.07) is -1.03. The molecule has 3 N–H and O–H groups in total. The Morgan fingerprint density at radius 2 is 1.97 bits per heavy atom. The predicted molar refractivity (Wildman–Crippen MR) is 106 cm³/mol. The van der Waals surface area contributed by atoms with Gasteiger partial charge in [-0.3, -0.25) is 4.98 Å². The average molecular weight is 454 g/mol. The van der Waals surface area contributed by atoms with Crippen LogP contribution in [0.5, 0.6) is 0 Å². The number of halogens is 3. The van der Waals surface area contributed by atoms with E-state index in [0.29, 0.717) is 23.7 Å². The largest absolute Gasteiger partial charge is 0.354 e. The van der Waals surface area contributed by atoms with E-state index >= 15 is 0 Å². The van der Waals surface area contributed by atoms with E-state index in [2.05, 4.69) is 14.8 Å². The summed E-state index contributed by atoms with van der Waals surface area (Å²) in [4.78, 5) is 17.6. The van der Waals surface area contributed by atoms with Crippen LogP contribution in [0.15, 0.2) is 15.6 Å². The Labute approximate surface area is 176 Å². The Morgan fingerprint density at radius 3 is 2.58 bits per heavy atom. The summed E-state index contributed by atoms with van der Waals surface area (Å²) in [7, 11) is -4.16. The second-order valence-corrected chi connectivity index (χ2v) is 9.95. The van der Waals surface area contributed by atoms with Crippen LogP contribution in [0.25, 0.3) is 0 Å². The quantitative estimate of drug-likeness (QED) is 0.711. The highest BCUT2D eigenvalue weighted by Crippen LogP contribution is 2.52. The van der Waals surface area contributed by atoms with Crippen molar-refractivity contribution < 1.29 is 22.2 Å². The lowest BCUT2D eigenvalue weighted by molar-refractivity contribution is 0.0552. The molecule has 5 rings (SSSR count). The molecule has 2 fully saturated rings. The third-order valence-corrected chi connectivity index (χ3v) is 7.09. The van der Waals surface area contributed by atoms with Gasteiger partial charge in [0.05, 0.1) is 11.9 Å². The van der Waals surface area contributed by atoms with Crippen molar-refractivity contribution in [1.29, 1.82) is 0 Å². The van der Waals surface area contributed by atoms with Crippen molar-refractivity contribution in [1.82, 2.24) is 14.8 Å². The Kier molecular flexibility index (Phi) is 4.81. The SMILES string of the molecule is NS(=O)(=NC(=O)Nc1c2c(nc(C3CC3)c1C1CC1)CCC2)c1nn(C(F)F)cc1F. The fourth-order valence-electron chi connectivity index (χ4n) is 4.16. The molecule has 3 aliphatic rings. The molecule has 0 aromatic carbocycles. The van der Waals surface area contributed by atoms with E-state index in [0.717, 1.165) is 67.5 Å². The maximum absolute atomic E-state index is 14.0. The highest BCUT2D eigenvalue weighted by Gasteiger charge is 2.38. The van der Waals surface area contributed by atoms with Gasteiger partial charge in [0, 0.05) is 22.9 Å². The molecule has 2 saturated carbocycles. The molecular weight excluding hydrogens is 433 g/mol. The molecule has 0 radical (unpaired) electrons. The summed E-state index contributed by atoms with van der Waals surface area (Å²) >= 11 is 0. The number of rotatable bonds is 5. The van der Waals surface area contributed by atoms with Gasteiger partial charge in [-0.05, 0) is 56.4 Å². The second-order valence-electron chi connectivity index (χ2n) is 8.24. The zero-order valence-electron chi connectivity index (χ0n) is 16.5. The molecule has 2 amide bonds. The molecule has 0 bridgehead atoms. The van der Waals surface area contributed by atoms with Crippen LogP contribution < -0.4 is 10.5 Å². The molecule has 8 nitrogen and oxygen atoms in total. The van der Waals surface area contributed by atoms with Gasteiger partial charge in [-0.1, -0.05) is 0 Å². The Balaban J connectivity index is 1.52. The van der Waals surface area contributed by atoms with Gasteiger partial charge in [0.2, 0.25) is 5.03 Å². The smallest absolute Gasteiger partial charge is 0.305 e. The second kappa shape index (κ2) is 7.30. The van der Waals surface area contributed by atoms with E-state index < -0.39 is 33.3 Å². The fourth-order valence-corrected chi connectivity index (χ4v) is 5.08. The number of urea groups is 1. The van der Waals surface area contributed by atoms with Crippen LogP contribution in [-0.4, -0.2) is 25.0 Å². The number of amides is 2. The molecule has 0 saturated heterocycles. The standard InChI is InChI=1S/C19H21F3N6O2S/c20-12-8-28(18(21)22)26-17(12)31(23,30)27-19(29)25-16-11-2-1-3-13(11)24-15(10-6-7-10)14(16)9-4-5-9/h8-10,18H,1-7H2,(H3,23,24,25,27,29,30). The van der Waals surface area contributed by atoms with Gasteiger partial charge in [-0.15, -0.1) is 4.36 Å². The van der Waals surface area contributed by atoms with Crippen LogP contribution >= 0.6 is 0 Å². The molecule has 2 heterocycles. The van der Waals surface area contributed by atoms with E-state index in [4.69, 9.17) is 10.1 Å². The third kappa shape index (κ3) is 3.82. The summed E-state index contributed by atoms with van der Waals surface area (Å²) < 4.78 is 55.5. The number of carbonyl (C=O) groups excluding carboxylic acids is 1. The number of aromatic nitrogens is 3. The van der Waals surface area contributed by atoms with Crippen LogP contribution in [0.1, 0.15) is 73.0 Å². The number of anilines is 1. The summed E-state index contributed by atoms with van der Waals surface area (Å²) in [5.74, 6) is -0.616. The van der Waals surface area contributed by atoms with Crippen LogP contribution in [0, 0.1) is 5.82 Å². The van der Waals surface area contributed by atoms with E-state index in [9.17, 15) is 22.2 Å². The summed E-state index contributed by atoms with van der Waals surface area (Å²) in [6.45, 7) is -3.14. The molecule has 2 aromatic heterocycles. The van der Waals surface area contributed by atoms with Crippen LogP contribution in [-0.2, 0) is 22.8 Å². The molecule has 166 valence electrons. The first kappa shape index (κ1) is 20.4. The number of nitrogens with zero attached hydrogens (tertiary/aromatic N) is 4. The van der Waals surface area contributed by atoms with E-state index in [1.165, 1.54) is 0 Å². The lowest BCUT2D eigenvalue weighted by Gasteiger charge is -2.18. The van der Waals surface area contributed by atoms with Gasteiger partial charge < -0.3 is 5.32 Å². The average Bonchev–Trinajstić information content (AvgIpc) is 3.61. The molecule has 1 unspecified atom stereocenters. The van der Waals surface area contributed by atoms with Gasteiger partial charge in [-0.2, -0.15) is 13.9 Å². The molecule has 1 atom stereocenters. The van der Waals surface area contributed by atoms with E-state index in [-0.39, 0.29) is 4.68 Å². The fraction of sp³-hybridized carbons (Fsp3) is 0.526. The zero-order valence-corrected chi connectivity index (χ0v) is 17.3. The molecule has 31 heavy (non-hydrogen) atoms. The Hall–Kier alpha value is -2.47. The minimum absolute atomic E-state index is 0.0204. The van der Waals surface area contributed by atoms with Crippen molar-refractivity contribution in [3.63, 3.8) is 0 Å². The highest BCUT2D eigenvalue weighted by molar-refractivity contribution is 7.91. The minimum atomic E-state index is -4.16. The number of fused-ring (bicyclic) bond motifs is 1. The zero-order chi connectivity index (χ0) is 21.9. The van der Waals surface area contributed by atoms with Gasteiger partial charge in [0.15, 0.2) is 15.7 Å². The van der Waals surface area contributed by atoms with Crippen LogP contribution in [0.2, 0.25) is 0 Å². The Morgan fingerprint density at radius 1 is 1.26 bits per heavy atom. The van der Waals surface area contributed by atoms with Crippen molar-refractivity contribution >= 4 is 21.6 Å². The lowest BCUT2D eigenvalue weighted by atomic mass is 9.98. The van der Waals surface area contributed by atoms with Gasteiger partial charge in [0.25, 0.3) is 0 Å². The first-order valence-corrected chi connectivity index (χ1v) is 11.8. The third-order valence-electron chi connectivity index (χ3n) is 5.82. The van der Waals surface area contributed by atoms with Crippen molar-refractivity contribution in [2.45, 2.75) is 68.4 Å². The predicted octanol–water partition coefficient (Wildman–Crippen LogP) is 3.99. The Bertz CT molecular complexity index is 1200. The molecule has 3 aliphatic carbocycles. The number of hydrogen-bond donors (Lipinski definition) is 2. The molecule has 2 aromatic rings. The van der Waals surface area contributed by atoms with Crippen molar-refractivity contribution in [3.05, 3.63) is 34.5 Å². The first-order valence-electron chi connectivity index (χ1n) is 10.2. The van der Waals surface area contributed by atoms with Gasteiger partial charge in [-0.25, -0.2) is 23.2 Å². The number of nitrogens with one attached hydrogen (secondary N) is 1. The van der Waals surface area contributed by atoms with Crippen molar-refractivity contribution in [2.24, 2.45) is 9.50 Å². The topological polar surface area (TPSA) is 115 Å². The normalized spacial score (nSPS) is 19.9. The maximum Gasteiger partial charge on any atom is 0.354 e. The molecule has 0 aliphatic heterocycles. The van der Waals surface area contributed by atoms with E-state index in [1.54, 1.807) is 0 Å². The highest BCUT2D eigenvalue weighted by atomic mass is 32.2. The van der Waals surface area contributed by atoms with Crippen molar-refractivity contribution in [2.75, 3.05) is 5.32 Å². The summed E-state index contributed by atoms with van der Waals surface area (Å²) in [5, 5.41) is 10.5. The van der Waals surface area contributed by atoms with Gasteiger partial charge in [0.1, 0.15) is 0 Å². The molecule has 12 heteroatoms. The molecule has 0 spiro atoms. The first-order chi connectivity index (χ1) is 14.7. The molecular formula is C19H21F3N6O2S. The van der Waals surface area contributed by atoms with Crippen molar-refractivity contribution in [3.8, 4) is 0 Å². The van der Waals surface area contributed by atoms with E-state index in [1.807, 2.05) is 0 Å². The van der Waals surface area contributed by atoms with Crippen LogP contribution in [0.3, 0.4) is 0 Å². The van der Waals surface area contributed by atoms with Gasteiger partial charge >= 0.3 is 12.6 Å². The number of hydrogen-bond acceptors (Lipinski definition) is 4. The number of carbonyl (C=O) groups is 1. The minimum Gasteiger partial charge on any atom is -0.305 e. The number of alkyl halides is 2. The van der Waals surface area contributed by atoms with Crippen LogP contribution in [0.4, 0.5) is 23.7 Å². The number of aryl methyl sites for hydroxylation is 1. The lowest BCUT2D eigenvalue weighted by Crippen LogP contribution is -2.21. The number of nitrogens with two attached hydrogens (primary N) is 1. The summed E-state index contributed by atoms with van der Waals surface area (Å²) in [6.07, 6.45) is 7.00. The summed E-state index contributed by atoms with van der Waals surface area (Å²) in [5.41, 5.74) is 4.59. The number of pyridine rings is 1.